The van der Waals surface area contributed by atoms with Crippen LogP contribution in [0.1, 0.15) is 17.7 Å². The molecule has 2 heterocycles. The zero-order chi connectivity index (χ0) is 18.5. The highest BCUT2D eigenvalue weighted by molar-refractivity contribution is 6.31. The molecule has 0 saturated carbocycles. The number of aliphatic hydroxyl groups is 1. The monoisotopic (exact) mass is 372 g/mol. The Labute approximate surface area is 151 Å². The molecule has 0 fully saturated rings. The third kappa shape index (κ3) is 2.36. The number of hydrogen-bond acceptors (Lipinski definition) is 5. The summed E-state index contributed by atoms with van der Waals surface area (Å²) in [6.07, 6.45) is 4.31. The zero-order valence-electron chi connectivity index (χ0n) is 13.3. The number of pyridine rings is 1. The SMILES string of the molecule is O=C(O)C1(O)CCc2c1[nH]cc(-c1cc(Cl)ccc1-c1cnco1)c2=O. The molecule has 0 bridgehead atoms. The molecule has 1 atom stereocenters. The van der Waals surface area contributed by atoms with Crippen LogP contribution in [-0.4, -0.2) is 26.2 Å². The standard InChI is InChI=1S/C18H13ClN2O5/c19-9-1-2-10(14-7-20-8-26-14)12(5-9)13-6-21-16-11(15(13)22)3-4-18(16,25)17(23)24/h1-2,5-8,25H,3-4H2,(H,21,22)(H,23,24). The summed E-state index contributed by atoms with van der Waals surface area (Å²) in [5.74, 6) is -0.914. The van der Waals surface area contributed by atoms with Crippen LogP contribution >= 0.6 is 11.6 Å². The van der Waals surface area contributed by atoms with Gasteiger partial charge in [0.25, 0.3) is 0 Å². The molecule has 3 aromatic rings. The van der Waals surface area contributed by atoms with Crippen LogP contribution in [0.5, 0.6) is 0 Å². The van der Waals surface area contributed by atoms with Gasteiger partial charge in [0.2, 0.25) is 5.60 Å². The number of H-pyrrole nitrogens is 1. The fraction of sp³-hybridized carbons (Fsp3) is 0.167. The molecule has 0 saturated heterocycles. The number of benzene rings is 1. The normalized spacial score (nSPS) is 18.7. The topological polar surface area (TPSA) is 116 Å². The third-order valence-corrected chi connectivity index (χ3v) is 4.89. The van der Waals surface area contributed by atoms with E-state index in [9.17, 15) is 19.8 Å². The van der Waals surface area contributed by atoms with E-state index in [4.69, 9.17) is 16.0 Å². The van der Waals surface area contributed by atoms with Crippen molar-refractivity contribution in [1.82, 2.24) is 9.97 Å². The Morgan fingerprint density at radius 3 is 2.81 bits per heavy atom. The summed E-state index contributed by atoms with van der Waals surface area (Å²) in [7, 11) is 0. The van der Waals surface area contributed by atoms with E-state index in [2.05, 4.69) is 9.97 Å². The molecule has 1 aromatic carbocycles. The maximum Gasteiger partial charge on any atom is 0.341 e. The van der Waals surface area contributed by atoms with Crippen molar-refractivity contribution in [3.8, 4) is 22.5 Å². The average molecular weight is 373 g/mol. The molecule has 0 spiro atoms. The summed E-state index contributed by atoms with van der Waals surface area (Å²) in [4.78, 5) is 31.1. The Bertz CT molecular complexity index is 1070. The minimum absolute atomic E-state index is 0.0296. The molecule has 8 heteroatoms. The molecule has 2 aromatic heterocycles. The first-order valence-corrected chi connectivity index (χ1v) is 8.19. The summed E-state index contributed by atoms with van der Waals surface area (Å²) >= 11 is 6.11. The number of nitrogens with one attached hydrogen (secondary N) is 1. The van der Waals surface area contributed by atoms with Gasteiger partial charge in [0.05, 0.1) is 11.9 Å². The quantitative estimate of drug-likeness (QED) is 0.650. The average Bonchev–Trinajstić information content (AvgIpc) is 3.25. The molecule has 1 aliphatic rings. The van der Waals surface area contributed by atoms with E-state index in [1.54, 1.807) is 18.2 Å². The first-order valence-electron chi connectivity index (χ1n) is 7.81. The van der Waals surface area contributed by atoms with Crippen molar-refractivity contribution in [3.63, 3.8) is 0 Å². The van der Waals surface area contributed by atoms with Gasteiger partial charge in [-0.1, -0.05) is 11.6 Å². The highest BCUT2D eigenvalue weighted by Gasteiger charge is 2.46. The molecular weight excluding hydrogens is 360 g/mol. The first-order chi connectivity index (χ1) is 12.4. The molecule has 26 heavy (non-hydrogen) atoms. The van der Waals surface area contributed by atoms with Crippen molar-refractivity contribution in [2.75, 3.05) is 0 Å². The number of oxazole rings is 1. The van der Waals surface area contributed by atoms with E-state index in [1.807, 2.05) is 0 Å². The Morgan fingerprint density at radius 2 is 2.12 bits per heavy atom. The van der Waals surface area contributed by atoms with Gasteiger partial charge in [-0.15, -0.1) is 0 Å². The van der Waals surface area contributed by atoms with Crippen LogP contribution in [-0.2, 0) is 16.8 Å². The van der Waals surface area contributed by atoms with Crippen molar-refractivity contribution < 1.29 is 19.4 Å². The number of aromatic nitrogens is 2. The van der Waals surface area contributed by atoms with Gasteiger partial charge in [0.1, 0.15) is 0 Å². The van der Waals surface area contributed by atoms with Gasteiger partial charge in [0, 0.05) is 27.9 Å². The number of aromatic amines is 1. The molecule has 132 valence electrons. The number of carbonyl (C=O) groups is 1. The van der Waals surface area contributed by atoms with E-state index in [0.29, 0.717) is 27.5 Å². The maximum absolute atomic E-state index is 13.0. The number of carboxylic acid groups (broad SMARTS) is 1. The van der Waals surface area contributed by atoms with Gasteiger partial charge >= 0.3 is 5.97 Å². The van der Waals surface area contributed by atoms with Crippen LogP contribution in [0.4, 0.5) is 0 Å². The Morgan fingerprint density at radius 1 is 1.31 bits per heavy atom. The van der Waals surface area contributed by atoms with Crippen LogP contribution in [0.15, 0.2) is 46.2 Å². The van der Waals surface area contributed by atoms with E-state index in [-0.39, 0.29) is 29.5 Å². The third-order valence-electron chi connectivity index (χ3n) is 4.66. The lowest BCUT2D eigenvalue weighted by Crippen LogP contribution is -2.34. The van der Waals surface area contributed by atoms with Gasteiger partial charge in [-0.2, -0.15) is 0 Å². The van der Waals surface area contributed by atoms with E-state index >= 15 is 0 Å². The largest absolute Gasteiger partial charge is 0.479 e. The van der Waals surface area contributed by atoms with E-state index in [0.717, 1.165) is 0 Å². The Balaban J connectivity index is 1.94. The van der Waals surface area contributed by atoms with Crippen molar-refractivity contribution in [2.24, 2.45) is 0 Å². The van der Waals surface area contributed by atoms with Crippen molar-refractivity contribution in [2.45, 2.75) is 18.4 Å². The van der Waals surface area contributed by atoms with Gasteiger partial charge in [-0.3, -0.25) is 4.79 Å². The Hall–Kier alpha value is -2.90. The highest BCUT2D eigenvalue weighted by Crippen LogP contribution is 2.37. The van der Waals surface area contributed by atoms with Crippen LogP contribution in [0.2, 0.25) is 5.02 Å². The molecule has 0 radical (unpaired) electrons. The number of fused-ring (bicyclic) bond motifs is 1. The van der Waals surface area contributed by atoms with Crippen molar-refractivity contribution in [1.29, 1.82) is 0 Å². The summed E-state index contributed by atoms with van der Waals surface area (Å²) in [5, 5.41) is 20.1. The highest BCUT2D eigenvalue weighted by atomic mass is 35.5. The maximum atomic E-state index is 13.0. The van der Waals surface area contributed by atoms with Gasteiger partial charge in [0.15, 0.2) is 17.6 Å². The number of rotatable bonds is 3. The summed E-state index contributed by atoms with van der Waals surface area (Å²) in [5.41, 5.74) is -0.660. The fourth-order valence-corrected chi connectivity index (χ4v) is 3.50. The predicted octanol–water partition coefficient (Wildman–Crippen LogP) is 2.57. The number of halogens is 1. The minimum atomic E-state index is -2.07. The zero-order valence-corrected chi connectivity index (χ0v) is 14.1. The number of hydrogen-bond donors (Lipinski definition) is 3. The summed E-state index contributed by atoms with van der Waals surface area (Å²) in [6, 6.07) is 5.03. The number of aliphatic carboxylic acids is 1. The summed E-state index contributed by atoms with van der Waals surface area (Å²) in [6.45, 7) is 0. The fourth-order valence-electron chi connectivity index (χ4n) is 3.33. The van der Waals surface area contributed by atoms with Crippen LogP contribution < -0.4 is 5.43 Å². The molecule has 0 amide bonds. The second kappa shape index (κ2) is 5.82. The Kier molecular flexibility index (Phi) is 3.71. The molecule has 7 nitrogen and oxygen atoms in total. The molecular formula is C18H13ClN2O5. The smallest absolute Gasteiger partial charge is 0.341 e. The first kappa shape index (κ1) is 16.6. The lowest BCUT2D eigenvalue weighted by Gasteiger charge is -2.18. The second-order valence-electron chi connectivity index (χ2n) is 6.11. The summed E-state index contributed by atoms with van der Waals surface area (Å²) < 4.78 is 5.33. The second-order valence-corrected chi connectivity index (χ2v) is 6.54. The molecule has 4 rings (SSSR count). The van der Waals surface area contributed by atoms with Gasteiger partial charge < -0.3 is 19.6 Å². The predicted molar refractivity (Wildman–Crippen MR) is 92.9 cm³/mol. The van der Waals surface area contributed by atoms with Crippen LogP contribution in [0, 0.1) is 0 Å². The number of nitrogens with zero attached hydrogens (tertiary/aromatic N) is 1. The van der Waals surface area contributed by atoms with Gasteiger partial charge in [-0.25, -0.2) is 9.78 Å². The van der Waals surface area contributed by atoms with Crippen LogP contribution in [0.3, 0.4) is 0 Å². The molecule has 1 aliphatic carbocycles. The van der Waals surface area contributed by atoms with Crippen molar-refractivity contribution in [3.05, 3.63) is 63.5 Å². The molecule has 0 aliphatic heterocycles. The number of carboxylic acids is 1. The molecule has 1 unspecified atom stereocenters. The van der Waals surface area contributed by atoms with Crippen molar-refractivity contribution >= 4 is 17.6 Å². The lowest BCUT2D eigenvalue weighted by molar-refractivity contribution is -0.159. The van der Waals surface area contributed by atoms with Crippen LogP contribution in [0.25, 0.3) is 22.5 Å². The lowest BCUT2D eigenvalue weighted by atomic mass is 9.96. The minimum Gasteiger partial charge on any atom is -0.479 e. The van der Waals surface area contributed by atoms with E-state index in [1.165, 1.54) is 18.8 Å². The molecule has 3 N–H and O–H groups in total. The van der Waals surface area contributed by atoms with E-state index < -0.39 is 11.6 Å². The van der Waals surface area contributed by atoms with Gasteiger partial charge in [-0.05, 0) is 36.6 Å².